The molecule has 1 aromatic heterocycles. The van der Waals surface area contributed by atoms with E-state index >= 15 is 0 Å². The molecule has 0 radical (unpaired) electrons. The van der Waals surface area contributed by atoms with Gasteiger partial charge in [0.2, 0.25) is 0 Å². The number of carbonyl (C=O) groups is 2. The second kappa shape index (κ2) is 8.59. The lowest BCUT2D eigenvalue weighted by atomic mass is 10.1. The smallest absolute Gasteiger partial charge is 0.321 e. The summed E-state index contributed by atoms with van der Waals surface area (Å²) >= 11 is 5.96. The van der Waals surface area contributed by atoms with E-state index in [1.165, 1.54) is 0 Å². The van der Waals surface area contributed by atoms with Gasteiger partial charge in [-0.05, 0) is 29.8 Å². The molecule has 8 heteroatoms. The number of hydrogen-bond acceptors (Lipinski definition) is 3. The fraction of sp³-hybridized carbons (Fsp3) is 0.227. The van der Waals surface area contributed by atoms with Crippen molar-refractivity contribution in [3.8, 4) is 11.3 Å². The predicted octanol–water partition coefficient (Wildman–Crippen LogP) is 3.73. The molecule has 0 atom stereocenters. The molecule has 3 amide bonds. The van der Waals surface area contributed by atoms with Gasteiger partial charge in [0.25, 0.3) is 5.91 Å². The molecule has 30 heavy (non-hydrogen) atoms. The first-order valence-electron chi connectivity index (χ1n) is 9.71. The fourth-order valence-electron chi connectivity index (χ4n) is 3.49. The summed E-state index contributed by atoms with van der Waals surface area (Å²) in [7, 11) is 1.83. The van der Waals surface area contributed by atoms with Crippen LogP contribution in [0.1, 0.15) is 10.5 Å². The highest BCUT2D eigenvalue weighted by Gasteiger charge is 2.26. The number of amides is 3. The Labute approximate surface area is 179 Å². The van der Waals surface area contributed by atoms with E-state index in [0.717, 1.165) is 11.3 Å². The largest absolute Gasteiger partial charge is 0.334 e. The maximum Gasteiger partial charge on any atom is 0.321 e. The summed E-state index contributed by atoms with van der Waals surface area (Å²) in [4.78, 5) is 28.8. The summed E-state index contributed by atoms with van der Waals surface area (Å²) in [6.07, 6.45) is 0. The number of hydrogen-bond donors (Lipinski definition) is 1. The molecule has 1 fully saturated rings. The maximum atomic E-state index is 12.9. The van der Waals surface area contributed by atoms with E-state index < -0.39 is 0 Å². The molecule has 1 saturated heterocycles. The number of nitrogens with one attached hydrogen (secondary N) is 1. The topological polar surface area (TPSA) is 70.5 Å². The lowest BCUT2D eigenvalue weighted by Gasteiger charge is -2.34. The lowest BCUT2D eigenvalue weighted by Crippen LogP contribution is -2.51. The average Bonchev–Trinajstić information content (AvgIpc) is 3.15. The van der Waals surface area contributed by atoms with E-state index in [2.05, 4.69) is 10.4 Å². The molecule has 7 nitrogen and oxygen atoms in total. The van der Waals surface area contributed by atoms with Crippen LogP contribution < -0.4 is 5.32 Å². The minimum atomic E-state index is -0.200. The van der Waals surface area contributed by atoms with Gasteiger partial charge in [-0.15, -0.1) is 0 Å². The van der Waals surface area contributed by atoms with E-state index in [1.54, 1.807) is 38.7 Å². The van der Waals surface area contributed by atoms with E-state index in [1.807, 2.05) is 43.4 Å². The average molecular weight is 424 g/mol. The zero-order valence-electron chi connectivity index (χ0n) is 16.6. The van der Waals surface area contributed by atoms with E-state index in [-0.39, 0.29) is 11.9 Å². The van der Waals surface area contributed by atoms with Gasteiger partial charge in [0.05, 0.1) is 5.69 Å². The SMILES string of the molecule is Cn1nc(C(=O)N2CCN(C(=O)Nc3cccc(Cl)c3)CC2)cc1-c1ccccc1. The minimum Gasteiger partial charge on any atom is -0.334 e. The quantitative estimate of drug-likeness (QED) is 0.697. The normalized spacial score (nSPS) is 13.9. The van der Waals surface area contributed by atoms with Gasteiger partial charge in [-0.1, -0.05) is 48.0 Å². The van der Waals surface area contributed by atoms with Crippen molar-refractivity contribution in [1.29, 1.82) is 0 Å². The summed E-state index contributed by atoms with van der Waals surface area (Å²) in [5, 5.41) is 7.80. The summed E-state index contributed by atoms with van der Waals surface area (Å²) in [5.41, 5.74) is 2.95. The highest BCUT2D eigenvalue weighted by atomic mass is 35.5. The third kappa shape index (κ3) is 4.31. The van der Waals surface area contributed by atoms with Crippen molar-refractivity contribution in [2.75, 3.05) is 31.5 Å². The molecule has 0 aliphatic carbocycles. The Bertz CT molecular complexity index is 1060. The van der Waals surface area contributed by atoms with Gasteiger partial charge in [0, 0.05) is 43.9 Å². The molecule has 1 aliphatic heterocycles. The Balaban J connectivity index is 1.37. The number of urea groups is 1. The summed E-state index contributed by atoms with van der Waals surface area (Å²) in [5.74, 6) is -0.123. The summed E-state index contributed by atoms with van der Waals surface area (Å²) < 4.78 is 1.72. The number of anilines is 1. The van der Waals surface area contributed by atoms with E-state index in [9.17, 15) is 9.59 Å². The van der Waals surface area contributed by atoms with Crippen molar-refractivity contribution in [2.24, 2.45) is 7.05 Å². The Kier molecular flexibility index (Phi) is 5.72. The van der Waals surface area contributed by atoms with Crippen LogP contribution in [0.15, 0.2) is 60.7 Å². The number of piperazine rings is 1. The second-order valence-corrected chi connectivity index (χ2v) is 7.56. The molecular formula is C22H22ClN5O2. The molecule has 0 saturated carbocycles. The Morgan fingerprint density at radius 1 is 0.933 bits per heavy atom. The van der Waals surface area contributed by atoms with Gasteiger partial charge < -0.3 is 15.1 Å². The van der Waals surface area contributed by atoms with Gasteiger partial charge in [-0.2, -0.15) is 5.10 Å². The van der Waals surface area contributed by atoms with Crippen LogP contribution in [0.2, 0.25) is 5.02 Å². The third-order valence-corrected chi connectivity index (χ3v) is 5.33. The van der Waals surface area contributed by atoms with Gasteiger partial charge in [0.15, 0.2) is 5.69 Å². The van der Waals surface area contributed by atoms with Crippen LogP contribution in [0.4, 0.5) is 10.5 Å². The first-order chi connectivity index (χ1) is 14.5. The number of aryl methyl sites for hydroxylation is 1. The first-order valence-corrected chi connectivity index (χ1v) is 10.1. The highest BCUT2D eigenvalue weighted by Crippen LogP contribution is 2.21. The summed E-state index contributed by atoms with van der Waals surface area (Å²) in [6, 6.07) is 18.5. The van der Waals surface area contributed by atoms with Crippen molar-refractivity contribution in [2.45, 2.75) is 0 Å². The standard InChI is InChI=1S/C22H22ClN5O2/c1-26-20(16-6-3-2-4-7-16)15-19(25-26)21(29)27-10-12-28(13-11-27)22(30)24-18-9-5-8-17(23)14-18/h2-9,14-15H,10-13H2,1H3,(H,24,30). The molecule has 0 unspecified atom stereocenters. The minimum absolute atomic E-state index is 0.123. The van der Waals surface area contributed by atoms with Crippen molar-refractivity contribution in [3.63, 3.8) is 0 Å². The van der Waals surface area contributed by atoms with Crippen LogP contribution in [0, 0.1) is 0 Å². The molecule has 4 rings (SSSR count). The molecule has 154 valence electrons. The number of rotatable bonds is 3. The number of benzene rings is 2. The Morgan fingerprint density at radius 2 is 1.63 bits per heavy atom. The van der Waals surface area contributed by atoms with E-state index in [0.29, 0.717) is 42.6 Å². The van der Waals surface area contributed by atoms with Crippen LogP contribution in [-0.4, -0.2) is 57.7 Å². The molecule has 2 aromatic carbocycles. The van der Waals surface area contributed by atoms with Crippen molar-refractivity contribution < 1.29 is 9.59 Å². The monoisotopic (exact) mass is 423 g/mol. The van der Waals surface area contributed by atoms with Crippen molar-refractivity contribution in [1.82, 2.24) is 19.6 Å². The zero-order chi connectivity index (χ0) is 21.1. The Morgan fingerprint density at radius 3 is 2.33 bits per heavy atom. The maximum absolute atomic E-state index is 12.9. The van der Waals surface area contributed by atoms with Crippen molar-refractivity contribution >= 4 is 29.2 Å². The van der Waals surface area contributed by atoms with Crippen LogP contribution in [0.25, 0.3) is 11.3 Å². The first kappa shape index (κ1) is 20.0. The second-order valence-electron chi connectivity index (χ2n) is 7.12. The van der Waals surface area contributed by atoms with E-state index in [4.69, 9.17) is 11.6 Å². The van der Waals surface area contributed by atoms with Crippen LogP contribution >= 0.6 is 11.6 Å². The van der Waals surface area contributed by atoms with Gasteiger partial charge in [0.1, 0.15) is 0 Å². The molecular weight excluding hydrogens is 402 g/mol. The van der Waals surface area contributed by atoms with Crippen LogP contribution in [0.5, 0.6) is 0 Å². The third-order valence-electron chi connectivity index (χ3n) is 5.10. The molecule has 3 aromatic rings. The highest BCUT2D eigenvalue weighted by molar-refractivity contribution is 6.30. The summed E-state index contributed by atoms with van der Waals surface area (Å²) in [6.45, 7) is 1.82. The molecule has 1 N–H and O–H groups in total. The van der Waals surface area contributed by atoms with Gasteiger partial charge >= 0.3 is 6.03 Å². The zero-order valence-corrected chi connectivity index (χ0v) is 17.3. The van der Waals surface area contributed by atoms with Gasteiger partial charge in [-0.25, -0.2) is 4.79 Å². The fourth-order valence-corrected chi connectivity index (χ4v) is 3.68. The number of nitrogens with zero attached hydrogens (tertiary/aromatic N) is 4. The predicted molar refractivity (Wildman–Crippen MR) is 117 cm³/mol. The molecule has 0 bridgehead atoms. The lowest BCUT2D eigenvalue weighted by molar-refractivity contribution is 0.0665. The Hall–Kier alpha value is -3.32. The number of aromatic nitrogens is 2. The molecule has 0 spiro atoms. The molecule has 1 aliphatic rings. The van der Waals surface area contributed by atoms with Crippen molar-refractivity contribution in [3.05, 3.63) is 71.4 Å². The van der Waals surface area contributed by atoms with Crippen LogP contribution in [0.3, 0.4) is 0 Å². The number of halogens is 1. The molecule has 2 heterocycles. The van der Waals surface area contributed by atoms with Crippen LogP contribution in [-0.2, 0) is 7.05 Å². The number of carbonyl (C=O) groups excluding carboxylic acids is 2. The van der Waals surface area contributed by atoms with Gasteiger partial charge in [-0.3, -0.25) is 9.48 Å².